The minimum atomic E-state index is -3.65. The Morgan fingerprint density at radius 3 is 2.53 bits per heavy atom. The van der Waals surface area contributed by atoms with Crippen LogP contribution in [0.3, 0.4) is 0 Å². The minimum absolute atomic E-state index is 0.210. The molecule has 0 amide bonds. The number of fused-ring (bicyclic) bond motifs is 1. The van der Waals surface area contributed by atoms with Gasteiger partial charge in [0.05, 0.1) is 17.6 Å². The van der Waals surface area contributed by atoms with Crippen LogP contribution in [0.5, 0.6) is 0 Å². The summed E-state index contributed by atoms with van der Waals surface area (Å²) in [5.74, 6) is -0.387. The predicted molar refractivity (Wildman–Crippen MR) is 116 cm³/mol. The van der Waals surface area contributed by atoms with E-state index in [1.807, 2.05) is 35.0 Å². The van der Waals surface area contributed by atoms with Crippen LogP contribution >= 0.6 is 0 Å². The normalized spacial score (nSPS) is 11.4. The summed E-state index contributed by atoms with van der Waals surface area (Å²) in [7, 11) is -2.30. The Balaban J connectivity index is 1.60. The summed E-state index contributed by atoms with van der Waals surface area (Å²) in [5.41, 5.74) is 2.79. The summed E-state index contributed by atoms with van der Waals surface area (Å²) >= 11 is 0. The van der Waals surface area contributed by atoms with E-state index in [-0.39, 0.29) is 10.9 Å². The fourth-order valence-electron chi connectivity index (χ4n) is 3.31. The van der Waals surface area contributed by atoms with Crippen LogP contribution in [0.25, 0.3) is 10.9 Å². The highest BCUT2D eigenvalue weighted by Crippen LogP contribution is 2.22. The largest absolute Gasteiger partial charge is 0.465 e. The van der Waals surface area contributed by atoms with Gasteiger partial charge in [-0.05, 0) is 53.4 Å². The molecule has 4 rings (SSSR count). The summed E-state index contributed by atoms with van der Waals surface area (Å²) in [4.78, 5) is 12.1. The average Bonchev–Trinajstić information content (AvgIpc) is 3.15. The first kappa shape index (κ1) is 19.7. The maximum atomic E-state index is 12.6. The van der Waals surface area contributed by atoms with Crippen LogP contribution in [-0.2, 0) is 21.3 Å². The van der Waals surface area contributed by atoms with Crippen molar-refractivity contribution in [3.8, 4) is 0 Å². The molecule has 1 aromatic heterocycles. The number of aromatic nitrogens is 1. The number of sulfonamides is 1. The molecule has 1 heterocycles. The zero-order chi connectivity index (χ0) is 21.1. The van der Waals surface area contributed by atoms with Crippen molar-refractivity contribution >= 4 is 32.6 Å². The van der Waals surface area contributed by atoms with Crippen molar-refractivity contribution in [2.75, 3.05) is 11.8 Å². The van der Waals surface area contributed by atoms with E-state index >= 15 is 0 Å². The number of hydrogen-bond acceptors (Lipinski definition) is 4. The first-order valence-corrected chi connectivity index (χ1v) is 10.8. The zero-order valence-electron chi connectivity index (χ0n) is 16.3. The van der Waals surface area contributed by atoms with Crippen LogP contribution in [-0.4, -0.2) is 26.1 Å². The molecule has 0 saturated carbocycles. The first-order chi connectivity index (χ1) is 14.5. The van der Waals surface area contributed by atoms with Gasteiger partial charge in [0, 0.05) is 23.9 Å². The van der Waals surface area contributed by atoms with E-state index in [4.69, 9.17) is 4.74 Å². The highest BCUT2D eigenvalue weighted by molar-refractivity contribution is 7.92. The van der Waals surface area contributed by atoms with Crippen molar-refractivity contribution in [2.45, 2.75) is 11.4 Å². The second-order valence-electron chi connectivity index (χ2n) is 6.83. The average molecular weight is 420 g/mol. The van der Waals surface area contributed by atoms with E-state index in [1.54, 1.807) is 54.6 Å². The molecule has 0 unspecified atom stereocenters. The van der Waals surface area contributed by atoms with Gasteiger partial charge in [-0.3, -0.25) is 4.72 Å². The van der Waals surface area contributed by atoms with Gasteiger partial charge in [-0.1, -0.05) is 36.4 Å². The molecule has 7 heteroatoms. The highest BCUT2D eigenvalue weighted by atomic mass is 32.2. The van der Waals surface area contributed by atoms with Gasteiger partial charge in [-0.2, -0.15) is 0 Å². The van der Waals surface area contributed by atoms with Gasteiger partial charge < -0.3 is 9.30 Å². The fraction of sp³-hybridized carbons (Fsp3) is 0.0870. The lowest BCUT2D eigenvalue weighted by Crippen LogP contribution is -2.13. The van der Waals surface area contributed by atoms with Crippen molar-refractivity contribution in [3.63, 3.8) is 0 Å². The Hall–Kier alpha value is -3.58. The lowest BCUT2D eigenvalue weighted by Gasteiger charge is -2.11. The molecule has 0 spiro atoms. The maximum Gasteiger partial charge on any atom is 0.337 e. The number of carbonyl (C=O) groups excluding carboxylic acids is 1. The number of nitrogens with one attached hydrogen (secondary N) is 1. The highest BCUT2D eigenvalue weighted by Gasteiger charge is 2.14. The predicted octanol–water partition coefficient (Wildman–Crippen LogP) is 4.28. The molecule has 152 valence electrons. The number of benzene rings is 3. The van der Waals surface area contributed by atoms with Crippen LogP contribution < -0.4 is 4.72 Å². The standard InChI is InChI=1S/C23H20N2O4S/c1-29-23(26)19-11-10-18-12-13-25(22(18)15-19)16-17-6-5-7-20(14-17)24-30(27,28)21-8-3-2-4-9-21/h2-15,24H,16H2,1H3. The summed E-state index contributed by atoms with van der Waals surface area (Å²) in [6.45, 7) is 0.523. The molecule has 0 atom stereocenters. The van der Waals surface area contributed by atoms with E-state index in [1.165, 1.54) is 7.11 Å². The smallest absolute Gasteiger partial charge is 0.337 e. The van der Waals surface area contributed by atoms with Crippen molar-refractivity contribution in [1.82, 2.24) is 4.57 Å². The molecular weight excluding hydrogens is 400 g/mol. The third-order valence-corrected chi connectivity index (χ3v) is 6.18. The summed E-state index contributed by atoms with van der Waals surface area (Å²) in [6.07, 6.45) is 1.94. The van der Waals surface area contributed by atoms with E-state index in [0.717, 1.165) is 16.5 Å². The Kier molecular flexibility index (Phi) is 5.29. The van der Waals surface area contributed by atoms with E-state index in [2.05, 4.69) is 4.72 Å². The number of nitrogens with zero attached hydrogens (tertiary/aromatic N) is 1. The topological polar surface area (TPSA) is 77.4 Å². The molecule has 0 aliphatic rings. The van der Waals surface area contributed by atoms with Crippen LogP contribution in [0.15, 0.2) is 90.0 Å². The van der Waals surface area contributed by atoms with Crippen molar-refractivity contribution < 1.29 is 17.9 Å². The number of anilines is 1. The molecule has 30 heavy (non-hydrogen) atoms. The Labute approximate surface area is 174 Å². The van der Waals surface area contributed by atoms with Crippen molar-refractivity contribution in [3.05, 3.63) is 96.2 Å². The number of carbonyl (C=O) groups is 1. The van der Waals surface area contributed by atoms with Gasteiger partial charge in [0.2, 0.25) is 0 Å². The first-order valence-electron chi connectivity index (χ1n) is 9.30. The Bertz CT molecular complexity index is 1310. The van der Waals surface area contributed by atoms with Gasteiger partial charge in [-0.25, -0.2) is 13.2 Å². The number of rotatable bonds is 6. The van der Waals surface area contributed by atoms with Gasteiger partial charge in [0.15, 0.2) is 0 Å². The molecule has 0 fully saturated rings. The van der Waals surface area contributed by atoms with Crippen molar-refractivity contribution in [1.29, 1.82) is 0 Å². The molecule has 4 aromatic rings. The summed E-state index contributed by atoms with van der Waals surface area (Å²) in [5, 5.41) is 1.00. The number of hydrogen-bond donors (Lipinski definition) is 1. The molecule has 6 nitrogen and oxygen atoms in total. The monoisotopic (exact) mass is 420 g/mol. The van der Waals surface area contributed by atoms with Crippen LogP contribution in [0, 0.1) is 0 Å². The Morgan fingerprint density at radius 2 is 1.77 bits per heavy atom. The molecule has 0 bridgehead atoms. The lowest BCUT2D eigenvalue weighted by molar-refractivity contribution is 0.0601. The number of esters is 1. The molecule has 1 N–H and O–H groups in total. The second-order valence-corrected chi connectivity index (χ2v) is 8.51. The molecule has 3 aromatic carbocycles. The van der Waals surface area contributed by atoms with E-state index in [9.17, 15) is 13.2 Å². The third-order valence-electron chi connectivity index (χ3n) is 4.78. The minimum Gasteiger partial charge on any atom is -0.465 e. The summed E-state index contributed by atoms with van der Waals surface area (Å²) in [6, 6.07) is 22.9. The van der Waals surface area contributed by atoms with E-state index < -0.39 is 10.0 Å². The quantitative estimate of drug-likeness (QED) is 0.473. The molecular formula is C23H20N2O4S. The number of ether oxygens (including phenoxy) is 1. The van der Waals surface area contributed by atoms with Gasteiger partial charge in [-0.15, -0.1) is 0 Å². The van der Waals surface area contributed by atoms with Crippen LogP contribution in [0.1, 0.15) is 15.9 Å². The maximum absolute atomic E-state index is 12.6. The zero-order valence-corrected chi connectivity index (χ0v) is 17.1. The van der Waals surface area contributed by atoms with Crippen LogP contribution in [0.4, 0.5) is 5.69 Å². The van der Waals surface area contributed by atoms with E-state index in [0.29, 0.717) is 17.8 Å². The lowest BCUT2D eigenvalue weighted by atomic mass is 10.1. The summed E-state index contributed by atoms with van der Waals surface area (Å²) < 4.78 is 34.6. The van der Waals surface area contributed by atoms with Crippen LogP contribution in [0.2, 0.25) is 0 Å². The molecule has 0 aliphatic heterocycles. The van der Waals surface area contributed by atoms with Crippen molar-refractivity contribution in [2.24, 2.45) is 0 Å². The fourth-order valence-corrected chi connectivity index (χ4v) is 4.38. The SMILES string of the molecule is COC(=O)c1ccc2ccn(Cc3cccc(NS(=O)(=O)c4ccccc4)c3)c2c1. The molecule has 0 radical (unpaired) electrons. The Morgan fingerprint density at radius 1 is 0.967 bits per heavy atom. The molecule has 0 aliphatic carbocycles. The van der Waals surface area contributed by atoms with Gasteiger partial charge >= 0.3 is 5.97 Å². The van der Waals surface area contributed by atoms with Gasteiger partial charge in [0.25, 0.3) is 10.0 Å². The molecule has 0 saturated heterocycles. The second kappa shape index (κ2) is 8.04. The third kappa shape index (κ3) is 4.06. The van der Waals surface area contributed by atoms with Gasteiger partial charge in [0.1, 0.15) is 0 Å². The number of methoxy groups -OCH3 is 1.